The number of hydrogen-bond donors (Lipinski definition) is 1. The first-order chi connectivity index (χ1) is 12.1. The molecule has 0 aliphatic heterocycles. The van der Waals surface area contributed by atoms with Gasteiger partial charge in [-0.15, -0.1) is 11.6 Å². The highest BCUT2D eigenvalue weighted by Crippen LogP contribution is 2.30. The molecule has 140 valence electrons. The van der Waals surface area contributed by atoms with E-state index in [4.69, 9.17) is 11.6 Å². The van der Waals surface area contributed by atoms with Gasteiger partial charge in [0.05, 0.1) is 16.3 Å². The molecule has 0 saturated carbocycles. The van der Waals surface area contributed by atoms with Crippen LogP contribution in [0.4, 0.5) is 13.2 Å². The molecular weight excluding hydrogens is 391 g/mol. The van der Waals surface area contributed by atoms with Gasteiger partial charge < -0.3 is 0 Å². The summed E-state index contributed by atoms with van der Waals surface area (Å²) in [6, 6.07) is 8.61. The van der Waals surface area contributed by atoms with Gasteiger partial charge in [0.15, 0.2) is 5.78 Å². The maximum atomic E-state index is 12.8. The Morgan fingerprint density at radius 1 is 1.15 bits per heavy atom. The number of nitrogens with one attached hydrogen (secondary N) is 1. The van der Waals surface area contributed by atoms with Crippen LogP contribution in [0.5, 0.6) is 0 Å². The molecule has 0 radical (unpaired) electrons. The van der Waals surface area contributed by atoms with Crippen LogP contribution in [0.3, 0.4) is 0 Å². The standard InChI is InChI=1S/C17H15ClF3NO3S/c1-22-26(24,25)14-6-5-12(15(9-14)16(23)10-18)7-11-3-2-4-13(8-11)17(19,20)21/h2-6,8-9,22H,7,10H2,1H3. The number of sulfonamides is 1. The van der Waals surface area contributed by atoms with Crippen LogP contribution in [0.25, 0.3) is 0 Å². The molecule has 0 bridgehead atoms. The molecule has 26 heavy (non-hydrogen) atoms. The summed E-state index contributed by atoms with van der Waals surface area (Å²) in [5.41, 5.74) is 0.000959. The zero-order chi connectivity index (χ0) is 19.5. The molecule has 2 aromatic rings. The maximum Gasteiger partial charge on any atom is 0.416 e. The van der Waals surface area contributed by atoms with Crippen molar-refractivity contribution in [2.75, 3.05) is 12.9 Å². The fourth-order valence-corrected chi connectivity index (χ4v) is 3.30. The number of carbonyl (C=O) groups is 1. The second-order valence-corrected chi connectivity index (χ2v) is 7.61. The largest absolute Gasteiger partial charge is 0.416 e. The molecule has 0 unspecified atom stereocenters. The van der Waals surface area contributed by atoms with E-state index >= 15 is 0 Å². The van der Waals surface area contributed by atoms with Gasteiger partial charge in [-0.3, -0.25) is 4.79 Å². The van der Waals surface area contributed by atoms with E-state index in [2.05, 4.69) is 4.72 Å². The molecule has 0 atom stereocenters. The van der Waals surface area contributed by atoms with Crippen LogP contribution in [-0.2, 0) is 22.6 Å². The SMILES string of the molecule is CNS(=O)(=O)c1ccc(Cc2cccc(C(F)(F)F)c2)c(C(=O)CCl)c1. The molecule has 0 aromatic heterocycles. The Balaban J connectivity index is 2.48. The van der Waals surface area contributed by atoms with Gasteiger partial charge in [-0.25, -0.2) is 13.1 Å². The number of benzene rings is 2. The van der Waals surface area contributed by atoms with E-state index in [-0.39, 0.29) is 22.8 Å². The minimum atomic E-state index is -4.48. The van der Waals surface area contributed by atoms with Crippen LogP contribution in [0, 0.1) is 0 Å². The Morgan fingerprint density at radius 2 is 1.85 bits per heavy atom. The molecule has 2 aromatic carbocycles. The van der Waals surface area contributed by atoms with Crippen molar-refractivity contribution in [3.05, 3.63) is 64.7 Å². The highest BCUT2D eigenvalue weighted by atomic mass is 35.5. The van der Waals surface area contributed by atoms with Crippen molar-refractivity contribution in [2.45, 2.75) is 17.5 Å². The summed E-state index contributed by atoms with van der Waals surface area (Å²) in [6.07, 6.45) is -4.45. The first kappa shape index (κ1) is 20.4. The van der Waals surface area contributed by atoms with Gasteiger partial charge in [0, 0.05) is 5.56 Å². The smallest absolute Gasteiger partial charge is 0.293 e. The summed E-state index contributed by atoms with van der Waals surface area (Å²) in [6.45, 7) is 0. The number of rotatable bonds is 6. The highest BCUT2D eigenvalue weighted by Gasteiger charge is 2.30. The summed E-state index contributed by atoms with van der Waals surface area (Å²) < 4.78 is 64.5. The summed E-state index contributed by atoms with van der Waals surface area (Å²) >= 11 is 5.58. The Kier molecular flexibility index (Phi) is 6.10. The quantitative estimate of drug-likeness (QED) is 0.589. The second-order valence-electron chi connectivity index (χ2n) is 5.46. The number of hydrogen-bond acceptors (Lipinski definition) is 3. The van der Waals surface area contributed by atoms with Gasteiger partial charge in [0.1, 0.15) is 0 Å². The van der Waals surface area contributed by atoms with Crippen molar-refractivity contribution in [1.82, 2.24) is 4.72 Å². The van der Waals surface area contributed by atoms with Crippen LogP contribution >= 0.6 is 11.6 Å². The molecular formula is C17H15ClF3NO3S. The lowest BCUT2D eigenvalue weighted by molar-refractivity contribution is -0.137. The molecule has 2 rings (SSSR count). The fourth-order valence-electron chi connectivity index (χ4n) is 2.40. The Morgan fingerprint density at radius 3 is 2.42 bits per heavy atom. The van der Waals surface area contributed by atoms with Gasteiger partial charge in [-0.2, -0.15) is 13.2 Å². The Labute approximate surface area is 154 Å². The van der Waals surface area contributed by atoms with E-state index in [9.17, 15) is 26.4 Å². The average molecular weight is 406 g/mol. The molecule has 0 spiro atoms. The molecule has 0 amide bonds. The molecule has 4 nitrogen and oxygen atoms in total. The number of carbonyl (C=O) groups excluding carboxylic acids is 1. The van der Waals surface area contributed by atoms with Crippen molar-refractivity contribution >= 4 is 27.4 Å². The fraction of sp³-hybridized carbons (Fsp3) is 0.235. The number of ketones is 1. The van der Waals surface area contributed by atoms with E-state index in [1.165, 1.54) is 37.4 Å². The van der Waals surface area contributed by atoms with Crippen LogP contribution < -0.4 is 4.72 Å². The lowest BCUT2D eigenvalue weighted by Gasteiger charge is -2.12. The first-order valence-corrected chi connectivity index (χ1v) is 9.42. The van der Waals surface area contributed by atoms with Gasteiger partial charge in [0.2, 0.25) is 10.0 Å². The van der Waals surface area contributed by atoms with Crippen LogP contribution in [-0.4, -0.2) is 27.1 Å². The van der Waals surface area contributed by atoms with Gasteiger partial charge in [-0.05, 0) is 42.8 Å². The molecule has 0 aliphatic rings. The molecule has 1 N–H and O–H groups in total. The van der Waals surface area contributed by atoms with Crippen molar-refractivity contribution in [1.29, 1.82) is 0 Å². The third kappa shape index (κ3) is 4.63. The van der Waals surface area contributed by atoms with E-state index in [1.807, 2.05) is 0 Å². The maximum absolute atomic E-state index is 12.8. The molecule has 0 aliphatic carbocycles. The monoisotopic (exact) mass is 405 g/mol. The van der Waals surface area contributed by atoms with E-state index in [0.29, 0.717) is 11.1 Å². The summed E-state index contributed by atoms with van der Waals surface area (Å²) in [7, 11) is -2.54. The number of halogens is 4. The number of alkyl halides is 4. The van der Waals surface area contributed by atoms with Crippen molar-refractivity contribution < 1.29 is 26.4 Å². The zero-order valence-electron chi connectivity index (χ0n) is 13.6. The van der Waals surface area contributed by atoms with Crippen molar-refractivity contribution in [3.8, 4) is 0 Å². The van der Waals surface area contributed by atoms with E-state index < -0.39 is 27.5 Å². The van der Waals surface area contributed by atoms with Gasteiger partial charge >= 0.3 is 6.18 Å². The van der Waals surface area contributed by atoms with E-state index in [1.54, 1.807) is 0 Å². The molecule has 0 saturated heterocycles. The third-order valence-corrected chi connectivity index (χ3v) is 5.39. The van der Waals surface area contributed by atoms with E-state index in [0.717, 1.165) is 12.1 Å². The van der Waals surface area contributed by atoms with Gasteiger partial charge in [0.25, 0.3) is 0 Å². The first-order valence-electron chi connectivity index (χ1n) is 7.40. The molecule has 0 fully saturated rings. The summed E-state index contributed by atoms with van der Waals surface area (Å²) in [5, 5.41) is 0. The normalized spacial score (nSPS) is 12.2. The predicted octanol–water partition coefficient (Wildman–Crippen LogP) is 3.63. The Hall–Kier alpha value is -1.90. The molecule has 0 heterocycles. The molecule has 9 heteroatoms. The highest BCUT2D eigenvalue weighted by molar-refractivity contribution is 7.89. The van der Waals surface area contributed by atoms with Crippen molar-refractivity contribution in [3.63, 3.8) is 0 Å². The lowest BCUT2D eigenvalue weighted by atomic mass is 9.96. The zero-order valence-corrected chi connectivity index (χ0v) is 15.2. The topological polar surface area (TPSA) is 63.2 Å². The van der Waals surface area contributed by atoms with Crippen LogP contribution in [0.2, 0.25) is 0 Å². The summed E-state index contributed by atoms with van der Waals surface area (Å²) in [4.78, 5) is 12.0. The Bertz CT molecular complexity index is 927. The van der Waals surface area contributed by atoms with Gasteiger partial charge in [-0.1, -0.05) is 24.3 Å². The minimum Gasteiger partial charge on any atom is -0.293 e. The second kappa shape index (κ2) is 7.77. The van der Waals surface area contributed by atoms with Crippen LogP contribution in [0.15, 0.2) is 47.4 Å². The lowest BCUT2D eigenvalue weighted by Crippen LogP contribution is -2.19. The van der Waals surface area contributed by atoms with Crippen LogP contribution in [0.1, 0.15) is 27.0 Å². The predicted molar refractivity (Wildman–Crippen MR) is 92.0 cm³/mol. The summed E-state index contributed by atoms with van der Waals surface area (Å²) in [5.74, 6) is -0.889. The average Bonchev–Trinajstić information content (AvgIpc) is 2.60. The number of Topliss-reactive ketones (excluding diaryl/α,β-unsaturated/α-hetero) is 1. The third-order valence-electron chi connectivity index (χ3n) is 3.73. The van der Waals surface area contributed by atoms with Crippen molar-refractivity contribution in [2.24, 2.45) is 0 Å². The minimum absolute atomic E-state index is 0.0295.